The molecule has 1 fully saturated rings. The third kappa shape index (κ3) is 3.76. The minimum Gasteiger partial charge on any atom is -0.493 e. The Labute approximate surface area is 102 Å². The number of nitrogens with one attached hydrogen (secondary N) is 1. The number of nitriles is 1. The molecule has 0 saturated carbocycles. The number of benzene rings is 1. The third-order valence-electron chi connectivity index (χ3n) is 3.13. The van der Waals surface area contributed by atoms with E-state index in [1.165, 1.54) is 12.8 Å². The highest BCUT2D eigenvalue weighted by atomic mass is 16.5. The summed E-state index contributed by atoms with van der Waals surface area (Å²) in [6, 6.07) is 9.98. The van der Waals surface area contributed by atoms with Gasteiger partial charge >= 0.3 is 0 Å². The number of ether oxygens (including phenoxy) is 1. The molecule has 1 aliphatic rings. The van der Waals surface area contributed by atoms with Crippen LogP contribution in [0.2, 0.25) is 0 Å². The summed E-state index contributed by atoms with van der Waals surface area (Å²) in [5.74, 6) is 1.55. The average Bonchev–Trinajstić information content (AvgIpc) is 2.39. The second-order valence-electron chi connectivity index (χ2n) is 4.49. The molecule has 0 spiro atoms. The maximum atomic E-state index is 8.65. The van der Waals surface area contributed by atoms with E-state index in [0.717, 1.165) is 31.0 Å². The molecular formula is C14H18N2O. The minimum atomic E-state index is 0.449. The van der Waals surface area contributed by atoms with E-state index in [1.807, 2.05) is 24.3 Å². The van der Waals surface area contributed by atoms with Gasteiger partial charge in [0.05, 0.1) is 19.1 Å². The Balaban J connectivity index is 1.85. The standard InChI is InChI=1S/C14H18N2O/c15-7-4-12-2-1-3-14(10-12)17-11-13-5-8-16-9-6-13/h1-3,10,13,16H,4-6,8-9,11H2. The molecule has 0 amide bonds. The third-order valence-corrected chi connectivity index (χ3v) is 3.13. The molecular weight excluding hydrogens is 212 g/mol. The lowest BCUT2D eigenvalue weighted by Crippen LogP contribution is -2.30. The molecule has 0 unspecified atom stereocenters. The smallest absolute Gasteiger partial charge is 0.119 e. The topological polar surface area (TPSA) is 45.0 Å². The van der Waals surface area contributed by atoms with Crippen LogP contribution in [0.15, 0.2) is 24.3 Å². The van der Waals surface area contributed by atoms with Crippen molar-refractivity contribution in [3.8, 4) is 11.8 Å². The first kappa shape index (κ1) is 11.9. The fourth-order valence-electron chi connectivity index (χ4n) is 2.10. The number of nitrogens with zero attached hydrogens (tertiary/aromatic N) is 1. The normalized spacial score (nSPS) is 16.4. The van der Waals surface area contributed by atoms with E-state index in [9.17, 15) is 0 Å². The Morgan fingerprint density at radius 1 is 1.35 bits per heavy atom. The first-order valence-corrected chi connectivity index (χ1v) is 6.18. The molecule has 0 radical (unpaired) electrons. The number of hydrogen-bond acceptors (Lipinski definition) is 3. The Morgan fingerprint density at radius 2 is 2.18 bits per heavy atom. The lowest BCUT2D eigenvalue weighted by Gasteiger charge is -2.22. The molecule has 1 heterocycles. The zero-order valence-corrected chi connectivity index (χ0v) is 9.98. The van der Waals surface area contributed by atoms with Crippen molar-refractivity contribution in [2.75, 3.05) is 19.7 Å². The number of hydrogen-bond donors (Lipinski definition) is 1. The molecule has 1 aliphatic heterocycles. The first-order chi connectivity index (χ1) is 8.38. The molecule has 90 valence electrons. The van der Waals surface area contributed by atoms with Crippen molar-refractivity contribution < 1.29 is 4.74 Å². The largest absolute Gasteiger partial charge is 0.493 e. The zero-order valence-electron chi connectivity index (χ0n) is 9.98. The van der Waals surface area contributed by atoms with E-state index in [-0.39, 0.29) is 0 Å². The molecule has 3 heteroatoms. The molecule has 3 nitrogen and oxygen atoms in total. The summed E-state index contributed by atoms with van der Waals surface area (Å²) in [4.78, 5) is 0. The summed E-state index contributed by atoms with van der Waals surface area (Å²) in [5, 5.41) is 12.0. The lowest BCUT2D eigenvalue weighted by atomic mass is 9.99. The predicted molar refractivity (Wildman–Crippen MR) is 66.8 cm³/mol. The minimum absolute atomic E-state index is 0.449. The quantitative estimate of drug-likeness (QED) is 0.861. The van der Waals surface area contributed by atoms with Gasteiger partial charge in [-0.25, -0.2) is 0 Å². The molecule has 0 aliphatic carbocycles. The predicted octanol–water partition coefficient (Wildman–Crippen LogP) is 2.13. The van der Waals surface area contributed by atoms with E-state index in [2.05, 4.69) is 11.4 Å². The van der Waals surface area contributed by atoms with Crippen LogP contribution in [0, 0.1) is 17.2 Å². The van der Waals surface area contributed by atoms with Crippen LogP contribution in [-0.4, -0.2) is 19.7 Å². The van der Waals surface area contributed by atoms with Crippen LogP contribution >= 0.6 is 0 Å². The number of rotatable bonds is 4. The van der Waals surface area contributed by atoms with E-state index in [4.69, 9.17) is 10.00 Å². The van der Waals surface area contributed by atoms with Crippen LogP contribution < -0.4 is 10.1 Å². The highest BCUT2D eigenvalue weighted by Crippen LogP contribution is 2.17. The molecule has 2 rings (SSSR count). The first-order valence-electron chi connectivity index (χ1n) is 6.18. The van der Waals surface area contributed by atoms with Crippen molar-refractivity contribution >= 4 is 0 Å². The highest BCUT2D eigenvalue weighted by molar-refractivity contribution is 5.30. The van der Waals surface area contributed by atoms with Crippen LogP contribution in [0.3, 0.4) is 0 Å². The van der Waals surface area contributed by atoms with E-state index < -0.39 is 0 Å². The fourth-order valence-corrected chi connectivity index (χ4v) is 2.10. The summed E-state index contributed by atoms with van der Waals surface area (Å²) >= 11 is 0. The van der Waals surface area contributed by atoms with Crippen molar-refractivity contribution in [3.63, 3.8) is 0 Å². The monoisotopic (exact) mass is 230 g/mol. The van der Waals surface area contributed by atoms with Gasteiger partial charge in [0, 0.05) is 0 Å². The Kier molecular flexibility index (Phi) is 4.40. The van der Waals surface area contributed by atoms with Crippen molar-refractivity contribution in [3.05, 3.63) is 29.8 Å². The van der Waals surface area contributed by atoms with E-state index in [0.29, 0.717) is 12.3 Å². The van der Waals surface area contributed by atoms with Gasteiger partial charge < -0.3 is 10.1 Å². The Hall–Kier alpha value is -1.53. The summed E-state index contributed by atoms with van der Waals surface area (Å²) in [5.41, 5.74) is 1.02. The SMILES string of the molecule is N#CCc1cccc(OCC2CCNCC2)c1. The number of piperidine rings is 1. The van der Waals surface area contributed by atoms with Gasteiger partial charge in [-0.3, -0.25) is 0 Å². The van der Waals surface area contributed by atoms with Gasteiger partial charge in [-0.05, 0) is 49.5 Å². The van der Waals surface area contributed by atoms with Gasteiger partial charge in [-0.2, -0.15) is 5.26 Å². The van der Waals surface area contributed by atoms with Crippen LogP contribution in [-0.2, 0) is 6.42 Å². The highest BCUT2D eigenvalue weighted by Gasteiger charge is 2.13. The molecule has 1 aromatic carbocycles. The van der Waals surface area contributed by atoms with Gasteiger partial charge in [0.25, 0.3) is 0 Å². The lowest BCUT2D eigenvalue weighted by molar-refractivity contribution is 0.215. The molecule has 1 N–H and O–H groups in total. The summed E-state index contributed by atoms with van der Waals surface area (Å²) in [6.45, 7) is 2.99. The summed E-state index contributed by atoms with van der Waals surface area (Å²) in [7, 11) is 0. The van der Waals surface area contributed by atoms with Crippen LogP contribution in [0.25, 0.3) is 0 Å². The van der Waals surface area contributed by atoms with Crippen molar-refractivity contribution in [1.29, 1.82) is 5.26 Å². The fraction of sp³-hybridized carbons (Fsp3) is 0.500. The summed E-state index contributed by atoms with van der Waals surface area (Å²) in [6.07, 6.45) is 2.83. The molecule has 0 aromatic heterocycles. The van der Waals surface area contributed by atoms with Gasteiger partial charge in [0.1, 0.15) is 5.75 Å². The van der Waals surface area contributed by atoms with E-state index in [1.54, 1.807) is 0 Å². The molecule has 0 atom stereocenters. The van der Waals surface area contributed by atoms with Crippen molar-refractivity contribution in [1.82, 2.24) is 5.32 Å². The zero-order chi connectivity index (χ0) is 11.9. The van der Waals surface area contributed by atoms with E-state index >= 15 is 0 Å². The molecule has 1 aromatic rings. The van der Waals surface area contributed by atoms with Crippen molar-refractivity contribution in [2.45, 2.75) is 19.3 Å². The maximum absolute atomic E-state index is 8.65. The Bertz CT molecular complexity index is 391. The van der Waals surface area contributed by atoms with Crippen LogP contribution in [0.4, 0.5) is 0 Å². The molecule has 1 saturated heterocycles. The maximum Gasteiger partial charge on any atom is 0.119 e. The Morgan fingerprint density at radius 3 is 2.94 bits per heavy atom. The second kappa shape index (κ2) is 6.27. The van der Waals surface area contributed by atoms with Gasteiger partial charge in [-0.15, -0.1) is 0 Å². The second-order valence-corrected chi connectivity index (χ2v) is 4.49. The van der Waals surface area contributed by atoms with Crippen molar-refractivity contribution in [2.24, 2.45) is 5.92 Å². The van der Waals surface area contributed by atoms with Gasteiger partial charge in [0.15, 0.2) is 0 Å². The average molecular weight is 230 g/mol. The molecule has 0 bridgehead atoms. The van der Waals surface area contributed by atoms with Gasteiger partial charge in [0.2, 0.25) is 0 Å². The van der Waals surface area contributed by atoms with Crippen LogP contribution in [0.1, 0.15) is 18.4 Å². The molecule has 17 heavy (non-hydrogen) atoms. The van der Waals surface area contributed by atoms with Gasteiger partial charge in [-0.1, -0.05) is 12.1 Å². The summed E-state index contributed by atoms with van der Waals surface area (Å²) < 4.78 is 5.80. The van der Waals surface area contributed by atoms with Crippen LogP contribution in [0.5, 0.6) is 5.75 Å².